The van der Waals surface area contributed by atoms with Gasteiger partial charge in [0, 0.05) is 26.1 Å². The van der Waals surface area contributed by atoms with E-state index in [1.54, 1.807) is 31.9 Å². The highest BCUT2D eigenvalue weighted by molar-refractivity contribution is 5.79. The molecule has 10 nitrogen and oxygen atoms in total. The molecular formula is C26H43N7O3. The first-order valence-corrected chi connectivity index (χ1v) is 12.7. The van der Waals surface area contributed by atoms with Crippen molar-refractivity contribution in [1.29, 1.82) is 0 Å². The van der Waals surface area contributed by atoms with Crippen LogP contribution in [0.4, 0.5) is 0 Å². The third-order valence-electron chi connectivity index (χ3n) is 6.06. The number of unbranched alkanes of at least 4 members (excludes halogenated alkanes) is 1. The smallest absolute Gasteiger partial charge is 0.234 e. The standard InChI is InChI=1S/C11H12N4O.C11H21NO.C4H10N2O/c1-15-7-10(13-14-15)11(12-8-16)9-5-3-2-4-6-9;1-3-5-8-11(13)12-9-6-7-10(12)4-2;1-3(6-2)4(5)7/h2-8,11H,1H3,(H,12,16);10H,3-9H2,1-2H3;3,6H,1-2H3,(H2,5,7). The van der Waals surface area contributed by atoms with Crippen LogP contribution in [0.15, 0.2) is 36.5 Å². The van der Waals surface area contributed by atoms with Gasteiger partial charge in [0.2, 0.25) is 18.2 Å². The molecular weight excluding hydrogens is 458 g/mol. The van der Waals surface area contributed by atoms with Crippen LogP contribution >= 0.6 is 0 Å². The molecule has 1 saturated heterocycles. The van der Waals surface area contributed by atoms with Gasteiger partial charge in [-0.3, -0.25) is 19.1 Å². The minimum Gasteiger partial charge on any atom is -0.368 e. The third-order valence-corrected chi connectivity index (χ3v) is 6.06. The second-order valence-electron chi connectivity index (χ2n) is 8.75. The van der Waals surface area contributed by atoms with E-state index in [9.17, 15) is 14.4 Å². The quantitative estimate of drug-likeness (QED) is 0.428. The number of hydrogen-bond acceptors (Lipinski definition) is 6. The molecule has 3 rings (SSSR count). The van der Waals surface area contributed by atoms with Gasteiger partial charge in [-0.1, -0.05) is 55.8 Å². The molecule has 1 aromatic carbocycles. The summed E-state index contributed by atoms with van der Waals surface area (Å²) in [4.78, 5) is 34.5. The molecule has 0 bridgehead atoms. The van der Waals surface area contributed by atoms with Gasteiger partial charge in [0.25, 0.3) is 0 Å². The topological polar surface area (TPSA) is 135 Å². The van der Waals surface area contributed by atoms with Gasteiger partial charge in [-0.05, 0) is 45.2 Å². The minimum absolute atomic E-state index is 0.208. The van der Waals surface area contributed by atoms with E-state index in [0.29, 0.717) is 18.4 Å². The van der Waals surface area contributed by atoms with Gasteiger partial charge in [-0.25, -0.2) is 0 Å². The Bertz CT molecular complexity index is 904. The van der Waals surface area contributed by atoms with Gasteiger partial charge >= 0.3 is 0 Å². The van der Waals surface area contributed by atoms with Crippen LogP contribution in [0.1, 0.15) is 76.6 Å². The predicted octanol–water partition coefficient (Wildman–Crippen LogP) is 2.31. The zero-order valence-corrected chi connectivity index (χ0v) is 22.3. The van der Waals surface area contributed by atoms with E-state index in [0.717, 1.165) is 43.5 Å². The molecule has 1 aromatic heterocycles. The molecule has 0 aliphatic carbocycles. The Morgan fingerprint density at radius 3 is 2.42 bits per heavy atom. The monoisotopic (exact) mass is 501 g/mol. The van der Waals surface area contributed by atoms with Crippen molar-refractivity contribution in [2.24, 2.45) is 12.8 Å². The molecule has 4 N–H and O–H groups in total. The molecule has 2 heterocycles. The molecule has 3 atom stereocenters. The summed E-state index contributed by atoms with van der Waals surface area (Å²) in [6, 6.07) is 9.75. The second-order valence-corrected chi connectivity index (χ2v) is 8.75. The Labute approximate surface area is 215 Å². The zero-order chi connectivity index (χ0) is 26.9. The average Bonchev–Trinajstić information content (AvgIpc) is 3.55. The van der Waals surface area contributed by atoms with Crippen molar-refractivity contribution < 1.29 is 14.4 Å². The van der Waals surface area contributed by atoms with E-state index in [-0.39, 0.29) is 18.0 Å². The van der Waals surface area contributed by atoms with Crippen LogP contribution in [-0.2, 0) is 21.4 Å². The van der Waals surface area contributed by atoms with Crippen LogP contribution in [0.3, 0.4) is 0 Å². The number of nitrogens with zero attached hydrogens (tertiary/aromatic N) is 4. The largest absolute Gasteiger partial charge is 0.368 e. The maximum atomic E-state index is 11.7. The summed E-state index contributed by atoms with van der Waals surface area (Å²) in [5.74, 6) is 0.0636. The highest BCUT2D eigenvalue weighted by atomic mass is 16.2. The summed E-state index contributed by atoms with van der Waals surface area (Å²) in [5.41, 5.74) is 6.55. The maximum Gasteiger partial charge on any atom is 0.234 e. The number of aromatic nitrogens is 3. The third kappa shape index (κ3) is 10.6. The molecule has 0 radical (unpaired) electrons. The maximum absolute atomic E-state index is 11.7. The van der Waals surface area contributed by atoms with E-state index in [1.165, 1.54) is 12.8 Å². The number of aryl methyl sites for hydroxylation is 1. The van der Waals surface area contributed by atoms with Crippen molar-refractivity contribution in [3.05, 3.63) is 47.8 Å². The van der Waals surface area contributed by atoms with Crippen molar-refractivity contribution in [3.63, 3.8) is 0 Å². The number of benzene rings is 1. The van der Waals surface area contributed by atoms with Crippen LogP contribution in [0.5, 0.6) is 0 Å². The second kappa shape index (κ2) is 17.2. The number of likely N-dealkylation sites (N-methyl/N-ethyl adjacent to an activating group) is 1. The lowest BCUT2D eigenvalue weighted by atomic mass is 10.1. The summed E-state index contributed by atoms with van der Waals surface area (Å²) >= 11 is 0. The van der Waals surface area contributed by atoms with Gasteiger partial charge in [-0.15, -0.1) is 5.10 Å². The van der Waals surface area contributed by atoms with E-state index in [2.05, 4.69) is 39.7 Å². The van der Waals surface area contributed by atoms with Gasteiger partial charge < -0.3 is 21.3 Å². The van der Waals surface area contributed by atoms with Gasteiger partial charge in [0.15, 0.2) is 0 Å². The van der Waals surface area contributed by atoms with Crippen LogP contribution < -0.4 is 16.4 Å². The molecule has 10 heteroatoms. The zero-order valence-electron chi connectivity index (χ0n) is 22.3. The molecule has 0 spiro atoms. The number of rotatable bonds is 10. The number of likely N-dealkylation sites (tertiary alicyclic amines) is 1. The molecule has 0 saturated carbocycles. The molecule has 1 aliphatic rings. The van der Waals surface area contributed by atoms with Crippen LogP contribution in [0.25, 0.3) is 0 Å². The molecule has 200 valence electrons. The van der Waals surface area contributed by atoms with Gasteiger partial charge in [-0.2, -0.15) is 0 Å². The van der Waals surface area contributed by atoms with Crippen LogP contribution in [0, 0.1) is 0 Å². The van der Waals surface area contributed by atoms with Crippen molar-refractivity contribution in [2.75, 3.05) is 13.6 Å². The number of hydrogen-bond donors (Lipinski definition) is 3. The Balaban J connectivity index is 0.000000292. The Hall–Kier alpha value is -3.27. The first-order chi connectivity index (χ1) is 17.3. The Kier molecular flexibility index (Phi) is 14.7. The number of nitrogens with two attached hydrogens (primary N) is 1. The Morgan fingerprint density at radius 2 is 1.94 bits per heavy atom. The lowest BCUT2D eigenvalue weighted by Crippen LogP contribution is -2.36. The summed E-state index contributed by atoms with van der Waals surface area (Å²) < 4.78 is 1.61. The fraction of sp³-hybridized carbons (Fsp3) is 0.577. The van der Waals surface area contributed by atoms with Gasteiger partial charge in [0.05, 0.1) is 18.3 Å². The summed E-state index contributed by atoms with van der Waals surface area (Å²) in [7, 11) is 3.48. The molecule has 1 fully saturated rings. The number of nitrogens with one attached hydrogen (secondary N) is 2. The lowest BCUT2D eigenvalue weighted by molar-refractivity contribution is -0.132. The average molecular weight is 502 g/mol. The van der Waals surface area contributed by atoms with Crippen molar-refractivity contribution in [3.8, 4) is 0 Å². The highest BCUT2D eigenvalue weighted by Gasteiger charge is 2.26. The highest BCUT2D eigenvalue weighted by Crippen LogP contribution is 2.21. The number of carbonyl (C=O) groups is 3. The van der Waals surface area contributed by atoms with Crippen molar-refractivity contribution >= 4 is 18.2 Å². The summed E-state index contributed by atoms with van der Waals surface area (Å²) in [5, 5.41) is 13.3. The van der Waals surface area contributed by atoms with Crippen molar-refractivity contribution in [2.45, 2.75) is 77.4 Å². The molecule has 36 heavy (non-hydrogen) atoms. The number of amides is 3. The molecule has 3 unspecified atom stereocenters. The molecule has 3 amide bonds. The lowest BCUT2D eigenvalue weighted by Gasteiger charge is -2.23. The van der Waals surface area contributed by atoms with E-state index < -0.39 is 0 Å². The normalized spacial score (nSPS) is 16.0. The van der Waals surface area contributed by atoms with Crippen LogP contribution in [0.2, 0.25) is 0 Å². The van der Waals surface area contributed by atoms with E-state index >= 15 is 0 Å². The predicted molar refractivity (Wildman–Crippen MR) is 141 cm³/mol. The first kappa shape index (κ1) is 30.8. The van der Waals surface area contributed by atoms with E-state index in [1.807, 2.05) is 30.3 Å². The number of carbonyl (C=O) groups excluding carboxylic acids is 3. The Morgan fingerprint density at radius 1 is 1.25 bits per heavy atom. The summed E-state index contributed by atoms with van der Waals surface area (Å²) in [6.45, 7) is 7.02. The minimum atomic E-state index is -0.317. The van der Waals surface area contributed by atoms with Crippen molar-refractivity contribution in [1.82, 2.24) is 30.5 Å². The molecule has 2 aromatic rings. The van der Waals surface area contributed by atoms with E-state index in [4.69, 9.17) is 5.73 Å². The first-order valence-electron chi connectivity index (χ1n) is 12.7. The van der Waals surface area contributed by atoms with Gasteiger partial charge in [0.1, 0.15) is 5.69 Å². The molecule has 1 aliphatic heterocycles. The van der Waals surface area contributed by atoms with Crippen LogP contribution in [-0.4, -0.2) is 63.8 Å². The summed E-state index contributed by atoms with van der Waals surface area (Å²) in [6.07, 6.45) is 8.93. The number of primary amides is 1. The SMILES string of the molecule is CCCCC(=O)N1CCCC1CC.CNC(C)C(N)=O.Cn1cc(C(NC=O)c2ccccc2)nn1. The fourth-order valence-electron chi connectivity index (χ4n) is 3.77. The fourth-order valence-corrected chi connectivity index (χ4v) is 3.77.